The summed E-state index contributed by atoms with van der Waals surface area (Å²) in [5.41, 5.74) is 11.2. The fraction of sp³-hybridized carbons (Fsp3) is 0.500. The second-order valence-electron chi connectivity index (χ2n) is 4.92. The van der Waals surface area contributed by atoms with E-state index in [0.29, 0.717) is 6.04 Å². The van der Waals surface area contributed by atoms with Crippen LogP contribution in [0.5, 0.6) is 0 Å². The Kier molecular flexibility index (Phi) is 3.12. The van der Waals surface area contributed by atoms with E-state index in [1.54, 1.807) is 11.3 Å². The number of thiazole rings is 1. The highest BCUT2D eigenvalue weighted by Gasteiger charge is 2.23. The van der Waals surface area contributed by atoms with Crippen LogP contribution in [0.25, 0.3) is 10.2 Å². The molecule has 0 radical (unpaired) electrons. The van der Waals surface area contributed by atoms with Crippen LogP contribution in [-0.2, 0) is 0 Å². The van der Waals surface area contributed by atoms with Crippen molar-refractivity contribution in [3.63, 3.8) is 0 Å². The Hall–Kier alpha value is -1.29. The summed E-state index contributed by atoms with van der Waals surface area (Å²) in [6.07, 6.45) is 5.28. The molecule has 1 aromatic carbocycles. The predicted octanol–water partition coefficient (Wildman–Crippen LogP) is 3.65. The smallest absolute Gasteiger partial charge is 0.106 e. The van der Waals surface area contributed by atoms with Gasteiger partial charge >= 0.3 is 0 Å². The Balaban J connectivity index is 2.03. The lowest BCUT2D eigenvalue weighted by Gasteiger charge is -2.31. The van der Waals surface area contributed by atoms with Gasteiger partial charge in [0.05, 0.1) is 21.6 Å². The van der Waals surface area contributed by atoms with Gasteiger partial charge in [-0.1, -0.05) is 12.8 Å². The molecule has 0 saturated heterocycles. The minimum Gasteiger partial charge on any atom is -0.395 e. The molecule has 1 heterocycles. The first-order chi connectivity index (χ1) is 8.81. The molecular weight excluding hydrogens is 242 g/mol. The molecule has 96 valence electrons. The summed E-state index contributed by atoms with van der Waals surface area (Å²) in [6, 6.07) is 4.97. The molecule has 0 atom stereocenters. The molecule has 0 unspecified atom stereocenters. The fourth-order valence-electron chi connectivity index (χ4n) is 3.03. The molecule has 1 aliphatic rings. The third kappa shape index (κ3) is 1.85. The average Bonchev–Trinajstić information content (AvgIpc) is 3.03. The van der Waals surface area contributed by atoms with Gasteiger partial charge < -0.3 is 10.6 Å². The highest BCUT2D eigenvalue weighted by molar-refractivity contribution is 7.16. The molecule has 2 aromatic rings. The normalized spacial score (nSPS) is 16.5. The van der Waals surface area contributed by atoms with E-state index in [-0.39, 0.29) is 0 Å². The molecule has 0 bridgehead atoms. The lowest BCUT2D eigenvalue weighted by atomic mass is 10.1. The van der Waals surface area contributed by atoms with Crippen LogP contribution in [0.3, 0.4) is 0 Å². The molecule has 0 spiro atoms. The van der Waals surface area contributed by atoms with Crippen LogP contribution in [0.1, 0.15) is 32.6 Å². The second-order valence-corrected chi connectivity index (χ2v) is 5.81. The third-order valence-electron chi connectivity index (χ3n) is 3.93. The van der Waals surface area contributed by atoms with Crippen LogP contribution < -0.4 is 10.6 Å². The Morgan fingerprint density at radius 3 is 2.89 bits per heavy atom. The van der Waals surface area contributed by atoms with Gasteiger partial charge in [-0.25, -0.2) is 4.98 Å². The number of benzene rings is 1. The monoisotopic (exact) mass is 261 g/mol. The Morgan fingerprint density at radius 1 is 1.39 bits per heavy atom. The third-order valence-corrected chi connectivity index (χ3v) is 4.73. The summed E-state index contributed by atoms with van der Waals surface area (Å²) in [7, 11) is 0. The van der Waals surface area contributed by atoms with Crippen molar-refractivity contribution in [2.45, 2.75) is 38.6 Å². The molecule has 1 fully saturated rings. The maximum atomic E-state index is 6.31. The van der Waals surface area contributed by atoms with E-state index in [9.17, 15) is 0 Å². The van der Waals surface area contributed by atoms with Crippen LogP contribution in [0, 0.1) is 0 Å². The fourth-order valence-corrected chi connectivity index (χ4v) is 3.73. The summed E-state index contributed by atoms with van der Waals surface area (Å²) in [6.45, 7) is 3.23. The van der Waals surface area contributed by atoms with Gasteiger partial charge in [-0.2, -0.15) is 0 Å². The number of hydrogen-bond acceptors (Lipinski definition) is 4. The molecule has 2 N–H and O–H groups in total. The van der Waals surface area contributed by atoms with Gasteiger partial charge in [-0.15, -0.1) is 11.3 Å². The number of fused-ring (bicyclic) bond motifs is 1. The van der Waals surface area contributed by atoms with Crippen LogP contribution >= 0.6 is 11.3 Å². The molecule has 1 aliphatic carbocycles. The Bertz CT molecular complexity index is 543. The van der Waals surface area contributed by atoms with Crippen molar-refractivity contribution in [2.24, 2.45) is 0 Å². The second kappa shape index (κ2) is 4.76. The highest BCUT2D eigenvalue weighted by Crippen LogP contribution is 2.36. The summed E-state index contributed by atoms with van der Waals surface area (Å²) in [4.78, 5) is 6.85. The van der Waals surface area contributed by atoms with Crippen molar-refractivity contribution >= 4 is 32.9 Å². The SMILES string of the molecule is CCN(c1ccc2scnc2c1N)C1CCCC1. The van der Waals surface area contributed by atoms with Crippen LogP contribution in [0.4, 0.5) is 11.4 Å². The molecular formula is C14H19N3S. The van der Waals surface area contributed by atoms with Gasteiger partial charge in [0.25, 0.3) is 0 Å². The highest BCUT2D eigenvalue weighted by atomic mass is 32.1. The van der Waals surface area contributed by atoms with E-state index < -0.39 is 0 Å². The van der Waals surface area contributed by atoms with Gasteiger partial charge in [0.15, 0.2) is 0 Å². The quantitative estimate of drug-likeness (QED) is 0.858. The zero-order chi connectivity index (χ0) is 12.5. The first-order valence-corrected chi connectivity index (χ1v) is 7.57. The van der Waals surface area contributed by atoms with Crippen molar-refractivity contribution in [1.82, 2.24) is 4.98 Å². The average molecular weight is 261 g/mol. The van der Waals surface area contributed by atoms with E-state index >= 15 is 0 Å². The first kappa shape index (κ1) is 11.8. The minimum atomic E-state index is 0.661. The number of nitrogen functional groups attached to an aromatic ring is 1. The van der Waals surface area contributed by atoms with Crippen molar-refractivity contribution < 1.29 is 0 Å². The maximum absolute atomic E-state index is 6.31. The van der Waals surface area contributed by atoms with Gasteiger partial charge in [0.1, 0.15) is 5.52 Å². The van der Waals surface area contributed by atoms with Crippen molar-refractivity contribution in [3.05, 3.63) is 17.6 Å². The first-order valence-electron chi connectivity index (χ1n) is 6.69. The largest absolute Gasteiger partial charge is 0.395 e. The van der Waals surface area contributed by atoms with Gasteiger partial charge in [-0.05, 0) is 31.9 Å². The summed E-state index contributed by atoms with van der Waals surface area (Å²) in [5, 5.41) is 0. The van der Waals surface area contributed by atoms with Crippen LogP contribution in [-0.4, -0.2) is 17.6 Å². The lowest BCUT2D eigenvalue weighted by Crippen LogP contribution is -2.33. The van der Waals surface area contributed by atoms with E-state index in [1.807, 2.05) is 5.51 Å². The minimum absolute atomic E-state index is 0.661. The van der Waals surface area contributed by atoms with E-state index in [1.165, 1.54) is 36.1 Å². The van der Waals surface area contributed by atoms with Gasteiger partial charge in [-0.3, -0.25) is 0 Å². The van der Waals surface area contributed by atoms with E-state index in [2.05, 4.69) is 28.9 Å². The maximum Gasteiger partial charge on any atom is 0.106 e. The van der Waals surface area contributed by atoms with Gasteiger partial charge in [0.2, 0.25) is 0 Å². The number of aromatic nitrogens is 1. The number of anilines is 2. The molecule has 1 saturated carbocycles. The van der Waals surface area contributed by atoms with Crippen molar-refractivity contribution in [2.75, 3.05) is 17.2 Å². The number of hydrogen-bond donors (Lipinski definition) is 1. The number of rotatable bonds is 3. The summed E-state index contributed by atoms with van der Waals surface area (Å²) >= 11 is 1.65. The molecule has 0 aliphatic heterocycles. The predicted molar refractivity (Wildman–Crippen MR) is 79.3 cm³/mol. The Morgan fingerprint density at radius 2 is 2.17 bits per heavy atom. The standard InChI is InChI=1S/C14H19N3S/c1-2-17(10-5-3-4-6-10)11-7-8-12-14(13(11)15)16-9-18-12/h7-10H,2-6,15H2,1H3. The summed E-state index contributed by atoms with van der Waals surface area (Å²) < 4.78 is 1.18. The van der Waals surface area contributed by atoms with Crippen molar-refractivity contribution in [1.29, 1.82) is 0 Å². The van der Waals surface area contributed by atoms with E-state index in [4.69, 9.17) is 5.73 Å². The molecule has 18 heavy (non-hydrogen) atoms. The van der Waals surface area contributed by atoms with Crippen LogP contribution in [0.15, 0.2) is 17.6 Å². The lowest BCUT2D eigenvalue weighted by molar-refractivity contribution is 0.621. The zero-order valence-corrected chi connectivity index (χ0v) is 11.5. The summed E-state index contributed by atoms with van der Waals surface area (Å²) in [5.74, 6) is 0. The zero-order valence-electron chi connectivity index (χ0n) is 10.7. The number of nitrogens with zero attached hydrogens (tertiary/aromatic N) is 2. The molecule has 3 rings (SSSR count). The molecule has 0 amide bonds. The Labute approximate surface area is 112 Å². The molecule has 4 heteroatoms. The molecule has 1 aromatic heterocycles. The molecule has 3 nitrogen and oxygen atoms in total. The topological polar surface area (TPSA) is 42.2 Å². The van der Waals surface area contributed by atoms with Crippen molar-refractivity contribution in [3.8, 4) is 0 Å². The van der Waals surface area contributed by atoms with Gasteiger partial charge in [0, 0.05) is 12.6 Å². The number of nitrogens with two attached hydrogens (primary N) is 1. The van der Waals surface area contributed by atoms with E-state index in [0.717, 1.165) is 17.7 Å². The van der Waals surface area contributed by atoms with Crippen LogP contribution in [0.2, 0.25) is 0 Å².